The SMILES string of the molecule is CC(=O)N1CCN(Cc2cc(C)c(O)c(C)c2)CC1. The van der Waals surface area contributed by atoms with Crippen LogP contribution in [0.4, 0.5) is 0 Å². The number of hydrogen-bond acceptors (Lipinski definition) is 3. The molecule has 0 atom stereocenters. The molecule has 104 valence electrons. The van der Waals surface area contributed by atoms with Crippen molar-refractivity contribution in [2.45, 2.75) is 27.3 Å². The predicted octanol–water partition coefficient (Wildman–Crippen LogP) is 1.67. The van der Waals surface area contributed by atoms with Crippen molar-refractivity contribution in [2.24, 2.45) is 0 Å². The van der Waals surface area contributed by atoms with E-state index in [0.29, 0.717) is 5.75 Å². The second kappa shape index (κ2) is 5.61. The summed E-state index contributed by atoms with van der Waals surface area (Å²) in [6.45, 7) is 9.82. The average molecular weight is 262 g/mol. The van der Waals surface area contributed by atoms with Crippen molar-refractivity contribution in [3.8, 4) is 5.75 Å². The van der Waals surface area contributed by atoms with Gasteiger partial charge in [0.25, 0.3) is 0 Å². The van der Waals surface area contributed by atoms with E-state index in [-0.39, 0.29) is 5.91 Å². The molecule has 1 aromatic carbocycles. The predicted molar refractivity (Wildman–Crippen MR) is 75.1 cm³/mol. The molecule has 1 heterocycles. The Kier molecular flexibility index (Phi) is 4.10. The summed E-state index contributed by atoms with van der Waals surface area (Å²) < 4.78 is 0. The van der Waals surface area contributed by atoms with Gasteiger partial charge in [0.05, 0.1) is 0 Å². The first-order chi connectivity index (χ1) is 8.97. The summed E-state index contributed by atoms with van der Waals surface area (Å²) in [6.07, 6.45) is 0. The maximum Gasteiger partial charge on any atom is 0.219 e. The first-order valence-corrected chi connectivity index (χ1v) is 6.74. The van der Waals surface area contributed by atoms with Crippen LogP contribution in [0, 0.1) is 13.8 Å². The Morgan fingerprint density at radius 3 is 2.16 bits per heavy atom. The third kappa shape index (κ3) is 3.26. The van der Waals surface area contributed by atoms with Gasteiger partial charge in [-0.05, 0) is 30.5 Å². The highest BCUT2D eigenvalue weighted by Gasteiger charge is 2.18. The molecule has 1 amide bonds. The number of aryl methyl sites for hydroxylation is 2. The lowest BCUT2D eigenvalue weighted by atomic mass is 10.1. The van der Waals surface area contributed by atoms with Crippen LogP contribution in [-0.4, -0.2) is 47.0 Å². The van der Waals surface area contributed by atoms with E-state index in [0.717, 1.165) is 43.9 Å². The molecule has 1 saturated heterocycles. The maximum atomic E-state index is 11.3. The fourth-order valence-electron chi connectivity index (χ4n) is 2.62. The van der Waals surface area contributed by atoms with E-state index in [2.05, 4.69) is 4.90 Å². The fourth-order valence-corrected chi connectivity index (χ4v) is 2.62. The zero-order valence-corrected chi connectivity index (χ0v) is 11.9. The molecule has 1 aliphatic rings. The highest BCUT2D eigenvalue weighted by atomic mass is 16.3. The summed E-state index contributed by atoms with van der Waals surface area (Å²) in [4.78, 5) is 15.5. The third-order valence-electron chi connectivity index (χ3n) is 3.77. The number of piperazine rings is 1. The van der Waals surface area contributed by atoms with Gasteiger partial charge in [0.1, 0.15) is 5.75 Å². The second-order valence-corrected chi connectivity index (χ2v) is 5.36. The molecule has 0 spiro atoms. The lowest BCUT2D eigenvalue weighted by Crippen LogP contribution is -2.47. The Morgan fingerprint density at radius 1 is 1.16 bits per heavy atom. The van der Waals surface area contributed by atoms with Crippen molar-refractivity contribution in [1.82, 2.24) is 9.80 Å². The molecule has 19 heavy (non-hydrogen) atoms. The molecule has 0 aliphatic carbocycles. The number of rotatable bonds is 2. The Morgan fingerprint density at radius 2 is 1.68 bits per heavy atom. The lowest BCUT2D eigenvalue weighted by Gasteiger charge is -2.34. The van der Waals surface area contributed by atoms with Crippen molar-refractivity contribution < 1.29 is 9.90 Å². The van der Waals surface area contributed by atoms with E-state index in [1.54, 1.807) is 6.92 Å². The minimum atomic E-state index is 0.163. The molecule has 0 saturated carbocycles. The molecule has 0 bridgehead atoms. The molecule has 2 rings (SSSR count). The van der Waals surface area contributed by atoms with E-state index in [4.69, 9.17) is 0 Å². The summed E-state index contributed by atoms with van der Waals surface area (Å²) in [5.74, 6) is 0.557. The van der Waals surface area contributed by atoms with E-state index >= 15 is 0 Å². The number of hydrogen-bond donors (Lipinski definition) is 1. The molecule has 4 heteroatoms. The number of nitrogens with zero attached hydrogens (tertiary/aromatic N) is 2. The number of amides is 1. The van der Waals surface area contributed by atoms with E-state index < -0.39 is 0 Å². The topological polar surface area (TPSA) is 43.8 Å². The highest BCUT2D eigenvalue weighted by Crippen LogP contribution is 2.23. The van der Waals surface area contributed by atoms with Crippen LogP contribution in [0.2, 0.25) is 0 Å². The lowest BCUT2D eigenvalue weighted by molar-refractivity contribution is -0.130. The van der Waals surface area contributed by atoms with Crippen LogP contribution in [-0.2, 0) is 11.3 Å². The summed E-state index contributed by atoms with van der Waals surface area (Å²) in [6, 6.07) is 4.08. The Hall–Kier alpha value is -1.55. The quantitative estimate of drug-likeness (QED) is 0.882. The van der Waals surface area contributed by atoms with Crippen molar-refractivity contribution in [3.63, 3.8) is 0 Å². The molecular weight excluding hydrogens is 240 g/mol. The molecule has 1 N–H and O–H groups in total. The van der Waals surface area contributed by atoms with Gasteiger partial charge in [-0.2, -0.15) is 0 Å². The summed E-state index contributed by atoms with van der Waals surface area (Å²) in [5, 5.41) is 9.77. The van der Waals surface area contributed by atoms with Crippen LogP contribution in [0.25, 0.3) is 0 Å². The van der Waals surface area contributed by atoms with Gasteiger partial charge in [-0.1, -0.05) is 12.1 Å². The molecule has 0 radical (unpaired) electrons. The summed E-state index contributed by atoms with van der Waals surface area (Å²) >= 11 is 0. The van der Waals surface area contributed by atoms with Gasteiger partial charge in [0.2, 0.25) is 5.91 Å². The van der Waals surface area contributed by atoms with Gasteiger partial charge >= 0.3 is 0 Å². The summed E-state index contributed by atoms with van der Waals surface area (Å²) in [7, 11) is 0. The van der Waals surface area contributed by atoms with E-state index in [1.165, 1.54) is 5.56 Å². The molecular formula is C15H22N2O2. The van der Waals surface area contributed by atoms with Gasteiger partial charge < -0.3 is 10.0 Å². The number of aromatic hydroxyl groups is 1. The first kappa shape index (κ1) is 13.9. The van der Waals surface area contributed by atoms with Gasteiger partial charge in [-0.3, -0.25) is 9.69 Å². The molecule has 0 aromatic heterocycles. The van der Waals surface area contributed by atoms with Crippen LogP contribution in [0.5, 0.6) is 5.75 Å². The number of benzene rings is 1. The second-order valence-electron chi connectivity index (χ2n) is 5.36. The molecule has 1 aromatic rings. The zero-order chi connectivity index (χ0) is 14.0. The molecule has 0 unspecified atom stereocenters. The van der Waals surface area contributed by atoms with Crippen molar-refractivity contribution in [2.75, 3.05) is 26.2 Å². The molecule has 1 aliphatic heterocycles. The minimum Gasteiger partial charge on any atom is -0.507 e. The van der Waals surface area contributed by atoms with Crippen LogP contribution in [0.1, 0.15) is 23.6 Å². The fraction of sp³-hybridized carbons (Fsp3) is 0.533. The minimum absolute atomic E-state index is 0.163. The van der Waals surface area contributed by atoms with Crippen LogP contribution in [0.3, 0.4) is 0 Å². The average Bonchev–Trinajstić information content (AvgIpc) is 2.36. The number of phenols is 1. The first-order valence-electron chi connectivity index (χ1n) is 6.74. The van der Waals surface area contributed by atoms with Crippen molar-refractivity contribution in [3.05, 3.63) is 28.8 Å². The maximum absolute atomic E-state index is 11.3. The van der Waals surface area contributed by atoms with Crippen molar-refractivity contribution in [1.29, 1.82) is 0 Å². The Bertz CT molecular complexity index is 454. The van der Waals surface area contributed by atoms with Crippen molar-refractivity contribution >= 4 is 5.91 Å². The summed E-state index contributed by atoms with van der Waals surface area (Å²) in [5.41, 5.74) is 3.08. The number of phenolic OH excluding ortho intramolecular Hbond substituents is 1. The smallest absolute Gasteiger partial charge is 0.219 e. The normalized spacial score (nSPS) is 16.7. The van der Waals surface area contributed by atoms with Gasteiger partial charge in [-0.15, -0.1) is 0 Å². The third-order valence-corrected chi connectivity index (χ3v) is 3.77. The van der Waals surface area contributed by atoms with Gasteiger partial charge in [-0.25, -0.2) is 0 Å². The molecule has 1 fully saturated rings. The van der Waals surface area contributed by atoms with Crippen LogP contribution >= 0.6 is 0 Å². The van der Waals surface area contributed by atoms with E-state index in [9.17, 15) is 9.90 Å². The Labute approximate surface area is 114 Å². The standard InChI is InChI=1S/C15H22N2O2/c1-11-8-14(9-12(2)15(11)19)10-16-4-6-17(7-5-16)13(3)18/h8-9,19H,4-7,10H2,1-3H3. The zero-order valence-electron chi connectivity index (χ0n) is 11.9. The van der Waals surface area contributed by atoms with E-state index in [1.807, 2.05) is 30.9 Å². The Balaban J connectivity index is 1.98. The molecule has 4 nitrogen and oxygen atoms in total. The monoisotopic (exact) mass is 262 g/mol. The highest BCUT2D eigenvalue weighted by molar-refractivity contribution is 5.73. The number of carbonyl (C=O) groups excluding carboxylic acids is 1. The van der Waals surface area contributed by atoms with Crippen LogP contribution < -0.4 is 0 Å². The van der Waals surface area contributed by atoms with Crippen LogP contribution in [0.15, 0.2) is 12.1 Å². The number of carbonyl (C=O) groups is 1. The van der Waals surface area contributed by atoms with Gasteiger partial charge in [0, 0.05) is 39.6 Å². The largest absolute Gasteiger partial charge is 0.507 e. The van der Waals surface area contributed by atoms with Gasteiger partial charge in [0.15, 0.2) is 0 Å².